The van der Waals surface area contributed by atoms with Crippen LogP contribution in [0.15, 0.2) is 12.4 Å². The molecule has 0 unspecified atom stereocenters. The van der Waals surface area contributed by atoms with Gasteiger partial charge in [0.15, 0.2) is 11.3 Å². The number of carboxylic acid groups (broad SMARTS) is 1. The highest BCUT2D eigenvalue weighted by molar-refractivity contribution is 6.09. The van der Waals surface area contributed by atoms with Gasteiger partial charge in [-0.05, 0) is 0 Å². The van der Waals surface area contributed by atoms with Crippen LogP contribution in [0.2, 0.25) is 0 Å². The molecule has 0 aliphatic heterocycles. The molecule has 2 N–H and O–H groups in total. The number of amides is 1. The summed E-state index contributed by atoms with van der Waals surface area (Å²) in [6.45, 7) is 0. The highest BCUT2D eigenvalue weighted by Gasteiger charge is 2.40. The first kappa shape index (κ1) is 13.8. The Hall–Kier alpha value is -2.65. The van der Waals surface area contributed by atoms with E-state index >= 15 is 0 Å². The van der Waals surface area contributed by atoms with Gasteiger partial charge >= 0.3 is 18.1 Å². The topological polar surface area (TPSA) is 97.1 Å². The number of anilines is 1. The average Bonchev–Trinajstić information content (AvgIpc) is 2.62. The van der Waals surface area contributed by atoms with Crippen LogP contribution in [0.4, 0.5) is 18.9 Å². The quantitative estimate of drug-likeness (QED) is 0.864. The van der Waals surface area contributed by atoms with Crippen molar-refractivity contribution in [3.05, 3.63) is 18.1 Å². The number of alkyl halides is 3. The fraction of sp³-hybridized carbons (Fsp3) is 0.200. The number of carbonyl (C=O) groups excluding carboxylic acids is 1. The van der Waals surface area contributed by atoms with Gasteiger partial charge in [-0.1, -0.05) is 0 Å². The molecule has 0 saturated carbocycles. The number of fused-ring (bicyclic) bond motifs is 1. The number of nitrogens with zero attached hydrogens (tertiary/aromatic N) is 3. The van der Waals surface area contributed by atoms with Gasteiger partial charge in [0, 0.05) is 19.4 Å². The lowest BCUT2D eigenvalue weighted by Gasteiger charge is -2.07. The maximum absolute atomic E-state index is 12.3. The van der Waals surface area contributed by atoms with E-state index in [0.29, 0.717) is 0 Å². The molecular formula is C10H7F3N4O3. The molecule has 0 aliphatic carbocycles. The van der Waals surface area contributed by atoms with Crippen molar-refractivity contribution in [3.63, 3.8) is 0 Å². The number of halogens is 3. The monoisotopic (exact) mass is 288 g/mol. The smallest absolute Gasteiger partial charge is 0.471 e. The summed E-state index contributed by atoms with van der Waals surface area (Å²) < 4.78 is 37.9. The average molecular weight is 288 g/mol. The summed E-state index contributed by atoms with van der Waals surface area (Å²) in [6.07, 6.45) is -2.71. The van der Waals surface area contributed by atoms with Gasteiger partial charge in [0.2, 0.25) is 0 Å². The van der Waals surface area contributed by atoms with Gasteiger partial charge in [0.25, 0.3) is 0 Å². The SMILES string of the molecule is Cn1c(C(=O)O)c(NC(=O)C(F)(F)F)c2nccnc21. The number of carboxylic acids is 1. The first-order valence-electron chi connectivity index (χ1n) is 5.14. The number of nitrogens with one attached hydrogen (secondary N) is 1. The van der Waals surface area contributed by atoms with Gasteiger partial charge in [-0.25, -0.2) is 14.8 Å². The summed E-state index contributed by atoms with van der Waals surface area (Å²) in [7, 11) is 1.30. The lowest BCUT2D eigenvalue weighted by Crippen LogP contribution is -2.30. The van der Waals surface area contributed by atoms with Crippen LogP contribution in [0, 0.1) is 0 Å². The second-order valence-electron chi connectivity index (χ2n) is 3.77. The van der Waals surface area contributed by atoms with Gasteiger partial charge < -0.3 is 15.0 Å². The Balaban J connectivity index is 2.65. The number of hydrogen-bond donors (Lipinski definition) is 2. The minimum Gasteiger partial charge on any atom is -0.477 e. The lowest BCUT2D eigenvalue weighted by molar-refractivity contribution is -0.167. The Kier molecular flexibility index (Phi) is 3.08. The fourth-order valence-electron chi connectivity index (χ4n) is 1.69. The van der Waals surface area contributed by atoms with E-state index in [2.05, 4.69) is 9.97 Å². The molecule has 10 heteroatoms. The van der Waals surface area contributed by atoms with Crippen molar-refractivity contribution in [2.75, 3.05) is 5.32 Å². The zero-order valence-corrected chi connectivity index (χ0v) is 9.89. The number of aryl methyl sites for hydroxylation is 1. The maximum atomic E-state index is 12.3. The van der Waals surface area contributed by atoms with Crippen molar-refractivity contribution < 1.29 is 27.9 Å². The number of aromatic carboxylic acids is 1. The Morgan fingerprint density at radius 1 is 1.30 bits per heavy atom. The second kappa shape index (κ2) is 4.47. The number of hydrogen-bond acceptors (Lipinski definition) is 4. The predicted molar refractivity (Wildman–Crippen MR) is 60.2 cm³/mol. The summed E-state index contributed by atoms with van der Waals surface area (Å²) in [5.41, 5.74) is -1.17. The van der Waals surface area contributed by atoms with E-state index in [0.717, 1.165) is 4.57 Å². The second-order valence-corrected chi connectivity index (χ2v) is 3.77. The third kappa shape index (κ3) is 2.15. The van der Waals surface area contributed by atoms with Crippen LogP contribution in [-0.2, 0) is 11.8 Å². The van der Waals surface area contributed by atoms with Crippen LogP contribution >= 0.6 is 0 Å². The van der Waals surface area contributed by atoms with Crippen LogP contribution in [0.1, 0.15) is 10.5 Å². The molecule has 2 aromatic rings. The van der Waals surface area contributed by atoms with Crippen molar-refractivity contribution in [3.8, 4) is 0 Å². The van der Waals surface area contributed by atoms with Crippen molar-refractivity contribution in [1.82, 2.24) is 14.5 Å². The molecule has 0 saturated heterocycles. The summed E-state index contributed by atoms with van der Waals surface area (Å²) in [5, 5.41) is 10.6. The minimum absolute atomic E-state index is 0.0439. The van der Waals surface area contributed by atoms with Gasteiger partial charge in [0.05, 0.1) is 0 Å². The fourth-order valence-corrected chi connectivity index (χ4v) is 1.69. The Labute approximate surface area is 109 Å². The van der Waals surface area contributed by atoms with Gasteiger partial charge in [0.1, 0.15) is 11.2 Å². The third-order valence-electron chi connectivity index (χ3n) is 2.50. The van der Waals surface area contributed by atoms with Crippen LogP contribution in [0.3, 0.4) is 0 Å². The minimum atomic E-state index is -5.14. The molecular weight excluding hydrogens is 281 g/mol. The molecule has 2 aromatic heterocycles. The summed E-state index contributed by atoms with van der Waals surface area (Å²) in [6, 6.07) is 0. The largest absolute Gasteiger partial charge is 0.477 e. The highest BCUT2D eigenvalue weighted by Crippen LogP contribution is 2.29. The molecule has 2 rings (SSSR count). The molecule has 2 heterocycles. The maximum Gasteiger partial charge on any atom is 0.471 e. The normalized spacial score (nSPS) is 11.6. The van der Waals surface area contributed by atoms with Gasteiger partial charge in [-0.3, -0.25) is 4.79 Å². The van der Waals surface area contributed by atoms with Crippen LogP contribution in [-0.4, -0.2) is 37.7 Å². The van der Waals surface area contributed by atoms with Crippen LogP contribution in [0.5, 0.6) is 0 Å². The van der Waals surface area contributed by atoms with E-state index in [1.165, 1.54) is 24.8 Å². The summed E-state index contributed by atoms with van der Waals surface area (Å²) in [5.74, 6) is -3.79. The van der Waals surface area contributed by atoms with E-state index in [9.17, 15) is 22.8 Å². The predicted octanol–water partition coefficient (Wildman–Crippen LogP) is 1.17. The molecule has 0 bridgehead atoms. The Bertz CT molecular complexity index is 708. The standard InChI is InChI=1S/C10H7F3N4O3/c1-17-6(8(18)19)4(16-9(20)10(11,12)13)5-7(17)15-3-2-14-5/h2-3H,1H3,(H,16,20)(H,18,19). The molecule has 1 amide bonds. The highest BCUT2D eigenvalue weighted by atomic mass is 19.4. The summed E-state index contributed by atoms with van der Waals surface area (Å²) in [4.78, 5) is 29.7. The van der Waals surface area contributed by atoms with E-state index in [1.807, 2.05) is 0 Å². The number of carbonyl (C=O) groups is 2. The first-order valence-corrected chi connectivity index (χ1v) is 5.14. The molecule has 0 aromatic carbocycles. The van der Waals surface area contributed by atoms with Crippen molar-refractivity contribution >= 4 is 28.7 Å². The Morgan fingerprint density at radius 2 is 1.90 bits per heavy atom. The van der Waals surface area contributed by atoms with Crippen molar-refractivity contribution in [2.45, 2.75) is 6.18 Å². The number of rotatable bonds is 2. The van der Waals surface area contributed by atoms with Crippen LogP contribution < -0.4 is 5.32 Å². The van der Waals surface area contributed by atoms with Crippen molar-refractivity contribution in [2.24, 2.45) is 7.05 Å². The van der Waals surface area contributed by atoms with E-state index in [-0.39, 0.29) is 11.2 Å². The summed E-state index contributed by atoms with van der Waals surface area (Å²) >= 11 is 0. The molecule has 0 fully saturated rings. The molecule has 0 atom stereocenters. The number of aromatic nitrogens is 3. The zero-order valence-electron chi connectivity index (χ0n) is 9.89. The molecule has 0 radical (unpaired) electrons. The van der Waals surface area contributed by atoms with E-state index in [1.54, 1.807) is 0 Å². The molecule has 7 nitrogen and oxygen atoms in total. The van der Waals surface area contributed by atoms with Gasteiger partial charge in [-0.15, -0.1) is 0 Å². The third-order valence-corrected chi connectivity index (χ3v) is 2.50. The van der Waals surface area contributed by atoms with E-state index < -0.39 is 29.4 Å². The lowest BCUT2D eigenvalue weighted by atomic mass is 10.3. The molecule has 20 heavy (non-hydrogen) atoms. The molecule has 0 aliphatic rings. The molecule has 0 spiro atoms. The van der Waals surface area contributed by atoms with Crippen LogP contribution in [0.25, 0.3) is 11.2 Å². The first-order chi connectivity index (χ1) is 9.23. The molecule has 106 valence electrons. The van der Waals surface area contributed by atoms with Crippen molar-refractivity contribution in [1.29, 1.82) is 0 Å². The van der Waals surface area contributed by atoms with Gasteiger partial charge in [-0.2, -0.15) is 13.2 Å². The Morgan fingerprint density at radius 3 is 2.45 bits per heavy atom. The van der Waals surface area contributed by atoms with E-state index in [4.69, 9.17) is 5.11 Å². The zero-order chi connectivity index (χ0) is 15.1.